The molecule has 0 aliphatic heterocycles. The van der Waals surface area contributed by atoms with Crippen molar-refractivity contribution in [3.8, 4) is 11.8 Å². The van der Waals surface area contributed by atoms with Gasteiger partial charge in [0.2, 0.25) is 5.89 Å². The molecular weight excluding hydrogens is 260 g/mol. The molecule has 2 rings (SSSR count). The van der Waals surface area contributed by atoms with Crippen LogP contribution < -0.4 is 10.1 Å². The number of nitrogens with one attached hydrogen (secondary N) is 1. The highest BCUT2D eigenvalue weighted by Gasteiger charge is 2.11. The van der Waals surface area contributed by atoms with Gasteiger partial charge in [0, 0.05) is 12.5 Å². The maximum Gasteiger partial charge on any atom is 0.251 e. The Morgan fingerprint density at radius 3 is 2.95 bits per heavy atom. The first-order valence-corrected chi connectivity index (χ1v) is 5.79. The lowest BCUT2D eigenvalue weighted by molar-refractivity contribution is 0.0949. The predicted octanol–water partition coefficient (Wildman–Crippen LogP) is 1.19. The minimum Gasteiger partial charge on any atom is -0.495 e. The van der Waals surface area contributed by atoms with Crippen molar-refractivity contribution in [2.24, 2.45) is 0 Å². The Bertz CT molecular complexity index is 672. The molecule has 7 nitrogen and oxygen atoms in total. The summed E-state index contributed by atoms with van der Waals surface area (Å²) in [6.07, 6.45) is 0. The molecule has 0 aliphatic carbocycles. The van der Waals surface area contributed by atoms with Gasteiger partial charge in [-0.1, -0.05) is 5.16 Å². The normalized spacial score (nSPS) is 9.85. The largest absolute Gasteiger partial charge is 0.495 e. The SMILES string of the molecule is COc1ccc(C(=O)NCc2noc(C)n2)cc1C#N. The van der Waals surface area contributed by atoms with E-state index in [-0.39, 0.29) is 12.5 Å². The first kappa shape index (κ1) is 13.5. The lowest BCUT2D eigenvalue weighted by atomic mass is 10.1. The Labute approximate surface area is 115 Å². The van der Waals surface area contributed by atoms with Crippen molar-refractivity contribution in [1.29, 1.82) is 5.26 Å². The first-order valence-electron chi connectivity index (χ1n) is 5.79. The van der Waals surface area contributed by atoms with Gasteiger partial charge in [-0.15, -0.1) is 0 Å². The van der Waals surface area contributed by atoms with E-state index in [1.807, 2.05) is 6.07 Å². The molecule has 0 bridgehead atoms. The van der Waals surface area contributed by atoms with Crippen molar-refractivity contribution in [2.75, 3.05) is 7.11 Å². The van der Waals surface area contributed by atoms with Crippen molar-refractivity contribution in [2.45, 2.75) is 13.5 Å². The lowest BCUT2D eigenvalue weighted by Gasteiger charge is -2.06. The molecule has 1 N–H and O–H groups in total. The molecule has 102 valence electrons. The number of carbonyl (C=O) groups excluding carboxylic acids is 1. The molecule has 0 radical (unpaired) electrons. The van der Waals surface area contributed by atoms with Gasteiger partial charge in [0.05, 0.1) is 19.2 Å². The number of hydrogen-bond donors (Lipinski definition) is 1. The quantitative estimate of drug-likeness (QED) is 0.897. The summed E-state index contributed by atoms with van der Waals surface area (Å²) >= 11 is 0. The van der Waals surface area contributed by atoms with Gasteiger partial charge in [0.25, 0.3) is 5.91 Å². The van der Waals surface area contributed by atoms with Crippen molar-refractivity contribution < 1.29 is 14.1 Å². The van der Waals surface area contributed by atoms with E-state index < -0.39 is 0 Å². The number of rotatable bonds is 4. The smallest absolute Gasteiger partial charge is 0.251 e. The minimum atomic E-state index is -0.327. The van der Waals surface area contributed by atoms with E-state index in [9.17, 15) is 4.79 Å². The van der Waals surface area contributed by atoms with Crippen LogP contribution in [-0.4, -0.2) is 23.2 Å². The number of nitriles is 1. The highest BCUT2D eigenvalue weighted by molar-refractivity contribution is 5.94. The summed E-state index contributed by atoms with van der Waals surface area (Å²) in [6, 6.07) is 6.60. The zero-order valence-corrected chi connectivity index (χ0v) is 11.0. The molecule has 20 heavy (non-hydrogen) atoms. The third-order valence-corrected chi connectivity index (χ3v) is 2.56. The van der Waals surface area contributed by atoms with Gasteiger partial charge in [-0.05, 0) is 18.2 Å². The van der Waals surface area contributed by atoms with Crippen LogP contribution >= 0.6 is 0 Å². The molecule has 0 saturated carbocycles. The van der Waals surface area contributed by atoms with Gasteiger partial charge in [0.15, 0.2) is 5.82 Å². The molecule has 0 aliphatic rings. The summed E-state index contributed by atoms with van der Waals surface area (Å²) in [7, 11) is 1.47. The highest BCUT2D eigenvalue weighted by Crippen LogP contribution is 2.18. The number of hydrogen-bond acceptors (Lipinski definition) is 6. The number of aromatic nitrogens is 2. The molecular formula is C13H12N4O3. The number of nitrogens with zero attached hydrogens (tertiary/aromatic N) is 3. The van der Waals surface area contributed by atoms with Gasteiger partial charge in [0.1, 0.15) is 11.8 Å². The van der Waals surface area contributed by atoms with E-state index in [1.54, 1.807) is 19.1 Å². The number of aryl methyl sites for hydroxylation is 1. The lowest BCUT2D eigenvalue weighted by Crippen LogP contribution is -2.23. The topological polar surface area (TPSA) is 101 Å². The van der Waals surface area contributed by atoms with E-state index in [1.165, 1.54) is 13.2 Å². The number of carbonyl (C=O) groups is 1. The monoisotopic (exact) mass is 272 g/mol. The Morgan fingerprint density at radius 2 is 2.35 bits per heavy atom. The van der Waals surface area contributed by atoms with Gasteiger partial charge in [-0.25, -0.2) is 0 Å². The third-order valence-electron chi connectivity index (χ3n) is 2.56. The van der Waals surface area contributed by atoms with Crippen molar-refractivity contribution in [3.63, 3.8) is 0 Å². The van der Waals surface area contributed by atoms with E-state index in [4.69, 9.17) is 14.5 Å². The fraction of sp³-hybridized carbons (Fsp3) is 0.231. The summed E-state index contributed by atoms with van der Waals surface area (Å²) in [5.41, 5.74) is 0.665. The molecule has 0 atom stereocenters. The molecule has 1 amide bonds. The zero-order valence-electron chi connectivity index (χ0n) is 11.0. The van der Waals surface area contributed by atoms with Crippen molar-refractivity contribution in [3.05, 3.63) is 41.0 Å². The van der Waals surface area contributed by atoms with Crippen LogP contribution in [0.1, 0.15) is 27.6 Å². The van der Waals surface area contributed by atoms with Gasteiger partial charge in [-0.3, -0.25) is 4.79 Å². The molecule has 0 unspecified atom stereocenters. The second-order valence-corrected chi connectivity index (χ2v) is 3.94. The second kappa shape index (κ2) is 5.84. The molecule has 0 spiro atoms. The van der Waals surface area contributed by atoms with Crippen molar-refractivity contribution >= 4 is 5.91 Å². The van der Waals surface area contributed by atoms with Crippen LogP contribution in [0, 0.1) is 18.3 Å². The Morgan fingerprint density at radius 1 is 1.55 bits per heavy atom. The summed E-state index contributed by atoms with van der Waals surface area (Å²) in [4.78, 5) is 15.9. The number of benzene rings is 1. The van der Waals surface area contributed by atoms with E-state index in [0.717, 1.165) is 0 Å². The second-order valence-electron chi connectivity index (χ2n) is 3.94. The molecule has 0 saturated heterocycles. The van der Waals surface area contributed by atoms with Crippen LogP contribution in [0.25, 0.3) is 0 Å². The summed E-state index contributed by atoms with van der Waals surface area (Å²) in [6.45, 7) is 1.82. The van der Waals surface area contributed by atoms with Gasteiger partial charge >= 0.3 is 0 Å². The number of amides is 1. The van der Waals surface area contributed by atoms with Gasteiger partial charge < -0.3 is 14.6 Å². The minimum absolute atomic E-state index is 0.157. The fourth-order valence-corrected chi connectivity index (χ4v) is 1.61. The summed E-state index contributed by atoms with van der Waals surface area (Å²) in [5, 5.41) is 15.3. The van der Waals surface area contributed by atoms with E-state index in [2.05, 4.69) is 15.5 Å². The maximum atomic E-state index is 11.9. The fourth-order valence-electron chi connectivity index (χ4n) is 1.61. The Balaban J connectivity index is 2.08. The van der Waals surface area contributed by atoms with Crippen molar-refractivity contribution in [1.82, 2.24) is 15.5 Å². The Kier molecular flexibility index (Phi) is 3.96. The van der Waals surface area contributed by atoms with Crippen LogP contribution in [0.3, 0.4) is 0 Å². The van der Waals surface area contributed by atoms with Crippen LogP contribution in [0.5, 0.6) is 5.75 Å². The maximum absolute atomic E-state index is 11.9. The first-order chi connectivity index (χ1) is 9.63. The molecule has 2 aromatic rings. The summed E-state index contributed by atoms with van der Waals surface area (Å²) < 4.78 is 9.81. The highest BCUT2D eigenvalue weighted by atomic mass is 16.5. The van der Waals surface area contributed by atoms with E-state index >= 15 is 0 Å². The predicted molar refractivity (Wildman–Crippen MR) is 67.9 cm³/mol. The van der Waals surface area contributed by atoms with Crippen LogP contribution in [0.4, 0.5) is 0 Å². The number of methoxy groups -OCH3 is 1. The summed E-state index contributed by atoms with van der Waals surface area (Å²) in [5.74, 6) is 0.930. The molecule has 1 heterocycles. The van der Waals surface area contributed by atoms with Crippen LogP contribution in [-0.2, 0) is 6.54 Å². The molecule has 1 aromatic carbocycles. The van der Waals surface area contributed by atoms with Crippen LogP contribution in [0.2, 0.25) is 0 Å². The zero-order chi connectivity index (χ0) is 14.5. The third kappa shape index (κ3) is 2.92. The molecule has 7 heteroatoms. The molecule has 0 fully saturated rings. The van der Waals surface area contributed by atoms with E-state index in [0.29, 0.717) is 28.6 Å². The standard InChI is InChI=1S/C13H12N4O3/c1-8-16-12(17-20-8)7-15-13(18)9-3-4-11(19-2)10(5-9)6-14/h3-5H,7H2,1-2H3,(H,15,18). The van der Waals surface area contributed by atoms with Crippen LogP contribution in [0.15, 0.2) is 22.7 Å². The number of ether oxygens (including phenoxy) is 1. The average molecular weight is 272 g/mol. The Hall–Kier alpha value is -2.88. The van der Waals surface area contributed by atoms with Gasteiger partial charge in [-0.2, -0.15) is 10.2 Å². The average Bonchev–Trinajstić information content (AvgIpc) is 2.89. The molecule has 1 aromatic heterocycles.